The molecule has 48 heavy (non-hydrogen) atoms. The molecule has 4 atom stereocenters. The minimum atomic E-state index is -1.39. The van der Waals surface area contributed by atoms with Gasteiger partial charge in [-0.05, 0) is 62.6 Å². The molecule has 0 fully saturated rings. The van der Waals surface area contributed by atoms with Crippen LogP contribution in [0.3, 0.4) is 0 Å². The normalized spacial score (nSPS) is 13.4. The van der Waals surface area contributed by atoms with Crippen molar-refractivity contribution >= 4 is 24.1 Å². The van der Waals surface area contributed by atoms with E-state index in [2.05, 4.69) is 21.4 Å². The molecule has 0 spiro atoms. The van der Waals surface area contributed by atoms with Crippen LogP contribution < -0.4 is 16.4 Å². The van der Waals surface area contributed by atoms with Crippen LogP contribution >= 0.6 is 0 Å². The average Bonchev–Trinajstić information content (AvgIpc) is 3.07. The quantitative estimate of drug-likeness (QED) is 0.132. The van der Waals surface area contributed by atoms with Crippen molar-refractivity contribution in [3.63, 3.8) is 0 Å². The second kappa shape index (κ2) is 18.9. The van der Waals surface area contributed by atoms with Crippen LogP contribution in [0.4, 0.5) is 10.5 Å². The first kappa shape index (κ1) is 37.4. The highest BCUT2D eigenvalue weighted by atomic mass is 16.5. The Morgan fingerprint density at radius 2 is 1.40 bits per heavy atom. The van der Waals surface area contributed by atoms with E-state index in [0.29, 0.717) is 12.1 Å². The molecule has 0 bridgehead atoms. The molecule has 0 aliphatic carbocycles. The van der Waals surface area contributed by atoms with E-state index in [1.165, 1.54) is 0 Å². The van der Waals surface area contributed by atoms with E-state index >= 15 is 0 Å². The fraction of sp³-hybridized carbons (Fsp3) is 0.297. The lowest BCUT2D eigenvalue weighted by Gasteiger charge is -2.36. The van der Waals surface area contributed by atoms with Crippen molar-refractivity contribution in [3.8, 4) is 0 Å². The van der Waals surface area contributed by atoms with Crippen LogP contribution in [0, 0.1) is 0 Å². The predicted molar refractivity (Wildman–Crippen MR) is 183 cm³/mol. The largest absolute Gasteiger partial charge is 0.443 e. The summed E-state index contributed by atoms with van der Waals surface area (Å²) < 4.78 is 11.5. The van der Waals surface area contributed by atoms with Crippen LogP contribution in [0.5, 0.6) is 0 Å². The first-order chi connectivity index (χ1) is 23.0. The number of ether oxygens (including phenoxy) is 2. The van der Waals surface area contributed by atoms with Gasteiger partial charge in [-0.25, -0.2) is 4.79 Å². The molecule has 0 aliphatic rings. The molecule has 1 aromatic heterocycles. The molecule has 4 rings (SSSR count). The molecule has 0 radical (unpaired) electrons. The van der Waals surface area contributed by atoms with Gasteiger partial charge in [-0.1, -0.05) is 78.9 Å². The lowest BCUT2D eigenvalue weighted by Crippen LogP contribution is -2.54. The summed E-state index contributed by atoms with van der Waals surface area (Å²) in [6.07, 6.45) is -1.80. The van der Waals surface area contributed by atoms with Crippen LogP contribution in [0.15, 0.2) is 109 Å². The third-order valence-electron chi connectivity index (χ3n) is 7.03. The number of aliphatic hydroxyl groups excluding tert-OH is 2. The van der Waals surface area contributed by atoms with Crippen LogP contribution in [-0.4, -0.2) is 63.6 Å². The van der Waals surface area contributed by atoms with E-state index < -0.39 is 42.0 Å². The predicted octanol–water partition coefficient (Wildman–Crippen LogP) is 4.42. The van der Waals surface area contributed by atoms with Crippen molar-refractivity contribution < 1.29 is 34.1 Å². The van der Waals surface area contributed by atoms with Gasteiger partial charge in [-0.2, -0.15) is 0 Å². The van der Waals surface area contributed by atoms with Gasteiger partial charge in [0.05, 0.1) is 34.7 Å². The van der Waals surface area contributed by atoms with E-state index in [0.717, 1.165) is 11.1 Å². The van der Waals surface area contributed by atoms with E-state index in [1.807, 2.05) is 81.4 Å². The molecule has 11 nitrogen and oxygen atoms in total. The zero-order valence-electron chi connectivity index (χ0n) is 27.4. The zero-order valence-corrected chi connectivity index (χ0v) is 27.4. The highest BCUT2D eigenvalue weighted by molar-refractivity contribution is 6.02. The topological polar surface area (TPSA) is 173 Å². The third kappa shape index (κ3) is 12.6. The number of nitrogens with one attached hydrogen (secondary N) is 2. The minimum Gasteiger partial charge on any atom is -0.443 e. The molecule has 4 unspecified atom stereocenters. The number of aromatic nitrogens is 1. The summed E-state index contributed by atoms with van der Waals surface area (Å²) in [7, 11) is 0. The van der Waals surface area contributed by atoms with Gasteiger partial charge in [0.25, 0.3) is 5.91 Å². The number of nitrogens with zero attached hydrogens (tertiary/aromatic N) is 1. The fourth-order valence-electron chi connectivity index (χ4n) is 4.92. The Hall–Kier alpha value is -5.10. The second-order valence-corrected chi connectivity index (χ2v) is 11.9. The van der Waals surface area contributed by atoms with Gasteiger partial charge in [-0.3, -0.25) is 19.9 Å². The SMILES string of the molecule is CC(C)(C)OC(Cc1ccccc1)C(O)C(O)C(Cc1ccccc1)NC(=O)c1ccccc1NC(=O)OCc1ccccn1.NC=O. The molecule has 4 aromatic rings. The minimum absolute atomic E-state index is 0.0367. The number of primary amides is 1. The molecule has 11 heteroatoms. The van der Waals surface area contributed by atoms with Crippen molar-refractivity contribution in [3.05, 3.63) is 132 Å². The summed E-state index contributed by atoms with van der Waals surface area (Å²) in [5.41, 5.74) is 6.34. The number of rotatable bonds is 13. The Morgan fingerprint density at radius 1 is 0.833 bits per heavy atom. The molecule has 6 N–H and O–H groups in total. The van der Waals surface area contributed by atoms with Crippen molar-refractivity contribution in [2.75, 3.05) is 5.32 Å². The zero-order chi connectivity index (χ0) is 34.9. The van der Waals surface area contributed by atoms with Crippen molar-refractivity contribution in [1.29, 1.82) is 0 Å². The number of aliphatic hydroxyl groups is 2. The molecular weight excluding hydrogens is 612 g/mol. The summed E-state index contributed by atoms with van der Waals surface area (Å²) in [5.74, 6) is -0.542. The smallest absolute Gasteiger partial charge is 0.412 e. The summed E-state index contributed by atoms with van der Waals surface area (Å²) in [6, 6.07) is 29.9. The average molecular weight is 657 g/mol. The highest BCUT2D eigenvalue weighted by Crippen LogP contribution is 2.23. The Balaban J connectivity index is 0.00000201. The maximum atomic E-state index is 13.7. The first-order valence-corrected chi connectivity index (χ1v) is 15.5. The van der Waals surface area contributed by atoms with Crippen LogP contribution in [0.2, 0.25) is 0 Å². The van der Waals surface area contributed by atoms with Crippen molar-refractivity contribution in [1.82, 2.24) is 10.3 Å². The fourth-order valence-corrected chi connectivity index (χ4v) is 4.92. The Bertz CT molecular complexity index is 1550. The van der Waals surface area contributed by atoms with Gasteiger partial charge in [0.1, 0.15) is 18.8 Å². The Labute approximate surface area is 281 Å². The molecule has 3 amide bonds. The molecule has 3 aromatic carbocycles. The van der Waals surface area contributed by atoms with Crippen molar-refractivity contribution in [2.24, 2.45) is 5.73 Å². The van der Waals surface area contributed by atoms with E-state index in [1.54, 1.807) is 48.7 Å². The molecule has 0 saturated heterocycles. The first-order valence-electron chi connectivity index (χ1n) is 15.5. The van der Waals surface area contributed by atoms with Crippen LogP contribution in [-0.2, 0) is 33.7 Å². The molecule has 1 heterocycles. The number of amides is 3. The van der Waals surface area contributed by atoms with Gasteiger partial charge in [0.2, 0.25) is 6.41 Å². The van der Waals surface area contributed by atoms with E-state index in [4.69, 9.17) is 14.3 Å². The second-order valence-electron chi connectivity index (χ2n) is 11.9. The lowest BCUT2D eigenvalue weighted by atomic mass is 9.92. The third-order valence-corrected chi connectivity index (χ3v) is 7.03. The number of carbonyl (C=O) groups excluding carboxylic acids is 3. The monoisotopic (exact) mass is 656 g/mol. The van der Waals surface area contributed by atoms with Crippen LogP contribution in [0.25, 0.3) is 0 Å². The highest BCUT2D eigenvalue weighted by Gasteiger charge is 2.36. The van der Waals surface area contributed by atoms with Gasteiger partial charge in [0.15, 0.2) is 0 Å². The van der Waals surface area contributed by atoms with Gasteiger partial charge < -0.3 is 30.7 Å². The molecule has 0 aliphatic heterocycles. The summed E-state index contributed by atoms with van der Waals surface area (Å²) in [6.45, 7) is 5.63. The number of carbonyl (C=O) groups is 3. The maximum absolute atomic E-state index is 13.7. The van der Waals surface area contributed by atoms with Gasteiger partial charge in [0, 0.05) is 12.6 Å². The number of pyridine rings is 1. The van der Waals surface area contributed by atoms with E-state index in [9.17, 15) is 19.8 Å². The van der Waals surface area contributed by atoms with Crippen LogP contribution in [0.1, 0.15) is 48.0 Å². The summed E-state index contributed by atoms with van der Waals surface area (Å²) in [4.78, 5) is 39.0. The molecular formula is C37H44N4O7. The number of nitrogens with two attached hydrogens (primary N) is 1. The maximum Gasteiger partial charge on any atom is 0.412 e. The standard InChI is InChI=1S/C36H41N3O6.CH3NO/c1-36(2,3)45-31(23-26-16-8-5-9-17-26)33(41)32(40)30(22-25-14-6-4-7-15-25)38-34(42)28-19-10-11-20-29(28)39-35(43)44-24-27-18-12-13-21-37-27;2-1-3/h4-21,30-33,40-41H,22-24H2,1-3H3,(H,38,42)(H,39,43);1H,(H2,2,3). The van der Waals surface area contributed by atoms with Crippen molar-refractivity contribution in [2.45, 2.75) is 70.2 Å². The molecule has 254 valence electrons. The lowest BCUT2D eigenvalue weighted by molar-refractivity contribution is -0.143. The number of hydrogen-bond acceptors (Lipinski definition) is 8. The summed E-state index contributed by atoms with van der Waals surface area (Å²) >= 11 is 0. The Morgan fingerprint density at radius 3 is 1.98 bits per heavy atom. The van der Waals surface area contributed by atoms with Gasteiger partial charge in [-0.15, -0.1) is 0 Å². The number of hydrogen-bond donors (Lipinski definition) is 5. The van der Waals surface area contributed by atoms with Gasteiger partial charge >= 0.3 is 6.09 Å². The Kier molecular flexibility index (Phi) is 14.7. The summed E-state index contributed by atoms with van der Waals surface area (Å²) in [5, 5.41) is 28.7. The van der Waals surface area contributed by atoms with E-state index in [-0.39, 0.29) is 30.7 Å². The number of para-hydroxylation sites is 1. The molecule has 0 saturated carbocycles. The number of benzene rings is 3. The number of anilines is 1.